The molecule has 1 aliphatic carbocycles. The minimum Gasteiger partial charge on any atom is -0.381 e. The molecule has 0 radical (unpaired) electrons. The van der Waals surface area contributed by atoms with Crippen LogP contribution in [0.1, 0.15) is 29.6 Å². The zero-order valence-corrected chi connectivity index (χ0v) is 15.4. The summed E-state index contributed by atoms with van der Waals surface area (Å²) in [5, 5.41) is 14.5. The first-order valence-electron chi connectivity index (χ1n) is 9.74. The largest absolute Gasteiger partial charge is 0.381 e. The Kier molecular flexibility index (Phi) is 5.27. The Balaban J connectivity index is 1.41. The van der Waals surface area contributed by atoms with Crippen molar-refractivity contribution >= 4 is 17.3 Å². The van der Waals surface area contributed by atoms with Crippen molar-refractivity contribution in [3.05, 3.63) is 33.9 Å². The lowest BCUT2D eigenvalue weighted by molar-refractivity contribution is -0.384. The van der Waals surface area contributed by atoms with Crippen LogP contribution in [0.2, 0.25) is 0 Å². The number of anilines is 1. The second-order valence-corrected chi connectivity index (χ2v) is 7.73. The fraction of sp³-hybridized carbons (Fsp3) is 0.632. The molecule has 8 heteroatoms. The van der Waals surface area contributed by atoms with E-state index in [9.17, 15) is 14.9 Å². The van der Waals surface area contributed by atoms with E-state index >= 15 is 0 Å². The van der Waals surface area contributed by atoms with Crippen LogP contribution < -0.4 is 10.2 Å². The Morgan fingerprint density at radius 2 is 2.00 bits per heavy atom. The third kappa shape index (κ3) is 4.39. The molecule has 4 rings (SSSR count). The maximum Gasteiger partial charge on any atom is 0.293 e. The van der Waals surface area contributed by atoms with Crippen LogP contribution >= 0.6 is 0 Å². The van der Waals surface area contributed by atoms with E-state index in [1.165, 1.54) is 6.07 Å². The topological polar surface area (TPSA) is 88.0 Å². The van der Waals surface area contributed by atoms with E-state index in [-0.39, 0.29) is 22.6 Å². The normalized spacial score (nSPS) is 23.4. The monoisotopic (exact) mass is 374 g/mol. The van der Waals surface area contributed by atoms with E-state index in [1.807, 2.05) is 0 Å². The summed E-state index contributed by atoms with van der Waals surface area (Å²) in [6.45, 7) is 6.02. The van der Waals surface area contributed by atoms with E-state index in [0.717, 1.165) is 65.2 Å². The Bertz CT molecular complexity index is 708. The van der Waals surface area contributed by atoms with Crippen LogP contribution in [0, 0.1) is 16.0 Å². The summed E-state index contributed by atoms with van der Waals surface area (Å²) in [6, 6.07) is 5.06. The predicted molar refractivity (Wildman–Crippen MR) is 101 cm³/mol. The van der Waals surface area contributed by atoms with E-state index in [0.29, 0.717) is 17.2 Å². The molecule has 3 aliphatic rings. The molecular weight excluding hydrogens is 348 g/mol. The molecule has 8 nitrogen and oxygen atoms in total. The molecule has 27 heavy (non-hydrogen) atoms. The molecule has 1 amide bonds. The van der Waals surface area contributed by atoms with Gasteiger partial charge in [-0.15, -0.1) is 0 Å². The van der Waals surface area contributed by atoms with Crippen LogP contribution in [0.15, 0.2) is 18.2 Å². The van der Waals surface area contributed by atoms with Crippen molar-refractivity contribution in [2.24, 2.45) is 5.92 Å². The van der Waals surface area contributed by atoms with Crippen LogP contribution in [-0.4, -0.2) is 67.7 Å². The summed E-state index contributed by atoms with van der Waals surface area (Å²) in [5.74, 6) is 0.380. The molecule has 0 bridgehead atoms. The molecule has 1 aromatic rings. The summed E-state index contributed by atoms with van der Waals surface area (Å²) < 4.78 is 5.44. The van der Waals surface area contributed by atoms with Crippen molar-refractivity contribution in [2.45, 2.75) is 25.3 Å². The number of nitro benzene ring substituents is 1. The molecule has 146 valence electrons. The molecule has 1 unspecified atom stereocenters. The number of nitrogens with one attached hydrogen (secondary N) is 1. The number of nitro groups is 1. The van der Waals surface area contributed by atoms with Gasteiger partial charge in [-0.25, -0.2) is 0 Å². The SMILES string of the molecule is O=C(NC1CC1)c1ccc(N2CCN(CC3CCOC3)CC2)c([N+](=O)[O-])c1. The highest BCUT2D eigenvalue weighted by molar-refractivity contribution is 5.96. The summed E-state index contributed by atoms with van der Waals surface area (Å²) in [5.41, 5.74) is 0.972. The van der Waals surface area contributed by atoms with Crippen LogP contribution in [0.25, 0.3) is 0 Å². The maximum absolute atomic E-state index is 12.2. The Morgan fingerprint density at radius 1 is 1.22 bits per heavy atom. The maximum atomic E-state index is 12.2. The highest BCUT2D eigenvalue weighted by Gasteiger charge is 2.28. The number of ether oxygens (including phenoxy) is 1. The van der Waals surface area contributed by atoms with Gasteiger partial charge in [-0.3, -0.25) is 19.8 Å². The van der Waals surface area contributed by atoms with Crippen LogP contribution in [-0.2, 0) is 4.74 Å². The van der Waals surface area contributed by atoms with Crippen LogP contribution in [0.4, 0.5) is 11.4 Å². The van der Waals surface area contributed by atoms with E-state index < -0.39 is 0 Å². The number of nitrogens with zero attached hydrogens (tertiary/aromatic N) is 3. The first-order chi connectivity index (χ1) is 13.1. The zero-order chi connectivity index (χ0) is 18.8. The fourth-order valence-corrected chi connectivity index (χ4v) is 3.84. The standard InChI is InChI=1S/C19H26N4O4/c24-19(20-16-2-3-16)15-1-4-17(18(11-15)23(25)26)22-8-6-21(7-9-22)12-14-5-10-27-13-14/h1,4,11,14,16H,2-3,5-10,12-13H2,(H,20,24). The third-order valence-corrected chi connectivity index (χ3v) is 5.60. The van der Waals surface area contributed by atoms with Gasteiger partial charge in [0.1, 0.15) is 5.69 Å². The highest BCUT2D eigenvalue weighted by Crippen LogP contribution is 2.31. The molecule has 3 fully saturated rings. The van der Waals surface area contributed by atoms with Crippen molar-refractivity contribution in [1.29, 1.82) is 0 Å². The number of hydrogen-bond acceptors (Lipinski definition) is 6. The first-order valence-corrected chi connectivity index (χ1v) is 9.74. The van der Waals surface area contributed by atoms with E-state index in [2.05, 4.69) is 15.1 Å². The summed E-state index contributed by atoms with van der Waals surface area (Å²) >= 11 is 0. The number of benzene rings is 1. The number of piperazine rings is 1. The van der Waals surface area contributed by atoms with Gasteiger partial charge < -0.3 is 15.0 Å². The molecule has 2 aliphatic heterocycles. The molecule has 2 heterocycles. The molecular formula is C19H26N4O4. The molecule has 0 spiro atoms. The third-order valence-electron chi connectivity index (χ3n) is 5.60. The number of carbonyl (C=O) groups is 1. The Labute approximate surface area is 158 Å². The lowest BCUT2D eigenvalue weighted by Crippen LogP contribution is -2.48. The van der Waals surface area contributed by atoms with Gasteiger partial charge in [-0.2, -0.15) is 0 Å². The molecule has 1 atom stereocenters. The second kappa shape index (κ2) is 7.82. The highest BCUT2D eigenvalue weighted by atomic mass is 16.6. The minimum atomic E-state index is -0.383. The number of hydrogen-bond donors (Lipinski definition) is 1. The van der Waals surface area contributed by atoms with Gasteiger partial charge in [-0.1, -0.05) is 0 Å². The zero-order valence-electron chi connectivity index (χ0n) is 15.4. The van der Waals surface area contributed by atoms with Gasteiger partial charge in [0.2, 0.25) is 0 Å². The van der Waals surface area contributed by atoms with Crippen LogP contribution in [0.3, 0.4) is 0 Å². The Morgan fingerprint density at radius 3 is 2.63 bits per heavy atom. The summed E-state index contributed by atoms with van der Waals surface area (Å²) in [6.07, 6.45) is 3.10. The number of rotatable bonds is 6. The van der Waals surface area contributed by atoms with Gasteiger partial charge in [0.15, 0.2) is 0 Å². The summed E-state index contributed by atoms with van der Waals surface area (Å²) in [7, 11) is 0. The first kappa shape index (κ1) is 18.2. The lowest BCUT2D eigenvalue weighted by Gasteiger charge is -2.36. The second-order valence-electron chi connectivity index (χ2n) is 7.73. The molecule has 0 aromatic heterocycles. The molecule has 1 saturated carbocycles. The molecule has 1 N–H and O–H groups in total. The van der Waals surface area contributed by atoms with Gasteiger partial charge >= 0.3 is 0 Å². The van der Waals surface area contributed by atoms with Crippen molar-refractivity contribution in [1.82, 2.24) is 10.2 Å². The van der Waals surface area contributed by atoms with Gasteiger partial charge in [-0.05, 0) is 37.3 Å². The predicted octanol–water partition coefficient (Wildman–Crippen LogP) is 1.65. The van der Waals surface area contributed by atoms with E-state index in [4.69, 9.17) is 4.74 Å². The van der Waals surface area contributed by atoms with Crippen LogP contribution in [0.5, 0.6) is 0 Å². The molecule has 2 saturated heterocycles. The van der Waals surface area contributed by atoms with Gasteiger partial charge in [0.25, 0.3) is 11.6 Å². The van der Waals surface area contributed by atoms with Gasteiger partial charge in [0.05, 0.1) is 11.5 Å². The summed E-state index contributed by atoms with van der Waals surface area (Å²) in [4.78, 5) is 27.9. The van der Waals surface area contributed by atoms with Crippen molar-refractivity contribution < 1.29 is 14.5 Å². The minimum absolute atomic E-state index is 0.0103. The Hall–Kier alpha value is -2.19. The van der Waals surface area contributed by atoms with E-state index in [1.54, 1.807) is 12.1 Å². The van der Waals surface area contributed by atoms with Crippen molar-refractivity contribution in [2.75, 3.05) is 50.8 Å². The fourth-order valence-electron chi connectivity index (χ4n) is 3.84. The molecule has 1 aromatic carbocycles. The quantitative estimate of drug-likeness (QED) is 0.602. The average molecular weight is 374 g/mol. The number of amides is 1. The van der Waals surface area contributed by atoms with Gasteiger partial charge in [0, 0.05) is 57.0 Å². The average Bonchev–Trinajstić information content (AvgIpc) is 3.34. The number of carbonyl (C=O) groups excluding carboxylic acids is 1. The van der Waals surface area contributed by atoms with Crippen molar-refractivity contribution in [3.63, 3.8) is 0 Å². The smallest absolute Gasteiger partial charge is 0.293 e. The van der Waals surface area contributed by atoms with Crippen molar-refractivity contribution in [3.8, 4) is 0 Å². The lowest BCUT2D eigenvalue weighted by atomic mass is 10.1.